The van der Waals surface area contributed by atoms with Gasteiger partial charge in [-0.25, -0.2) is 9.78 Å². The first-order chi connectivity index (χ1) is 5.20. The van der Waals surface area contributed by atoms with Crippen molar-refractivity contribution < 1.29 is 9.53 Å². The minimum Gasteiger partial charge on any atom is -0.458 e. The predicted octanol–water partition coefficient (Wildman–Crippen LogP) is 1.51. The molecule has 59 valence electrons. The van der Waals surface area contributed by atoms with Gasteiger partial charge >= 0.3 is 5.97 Å². The highest BCUT2D eigenvalue weighted by molar-refractivity contribution is 7.11. The topological polar surface area (TPSA) is 39.2 Å². The van der Waals surface area contributed by atoms with Crippen molar-refractivity contribution >= 4 is 17.3 Å². The van der Waals surface area contributed by atoms with Gasteiger partial charge in [-0.3, -0.25) is 0 Å². The molecular weight excluding hydrogens is 162 g/mol. The van der Waals surface area contributed by atoms with Gasteiger partial charge in [0.05, 0.1) is 6.10 Å². The molecule has 1 rings (SSSR count). The van der Waals surface area contributed by atoms with E-state index in [0.29, 0.717) is 5.01 Å². The molecule has 0 saturated heterocycles. The summed E-state index contributed by atoms with van der Waals surface area (Å²) in [6, 6.07) is 0. The monoisotopic (exact) mass is 170 g/mol. The molecule has 0 bridgehead atoms. The predicted molar refractivity (Wildman–Crippen MR) is 41.5 cm³/mol. The van der Waals surface area contributed by atoms with E-state index in [0.717, 1.165) is 0 Å². The molecule has 0 aliphatic heterocycles. The van der Waals surface area contributed by atoms with Crippen LogP contribution in [0.1, 0.15) is 23.6 Å². The van der Waals surface area contributed by atoms with Crippen molar-refractivity contribution in [2.24, 2.45) is 0 Å². The second-order valence-electron chi connectivity index (χ2n) is 2.24. The molecule has 0 aliphatic rings. The van der Waals surface area contributed by atoms with Crippen molar-refractivity contribution in [3.05, 3.63) is 16.6 Å². The zero-order chi connectivity index (χ0) is 8.27. The first-order valence-electron chi connectivity index (χ1n) is 3.22. The quantitative estimate of drug-likeness (QED) is 0.631. The zero-order valence-electron chi connectivity index (χ0n) is 6.33. The lowest BCUT2D eigenvalue weighted by Gasteiger charge is -2.04. The Morgan fingerprint density at radius 2 is 2.55 bits per heavy atom. The molecule has 0 N–H and O–H groups in total. The highest BCUT2D eigenvalue weighted by Gasteiger charge is 2.10. The van der Waals surface area contributed by atoms with E-state index in [1.165, 1.54) is 11.3 Å². The molecule has 11 heavy (non-hydrogen) atoms. The maximum atomic E-state index is 11.0. The summed E-state index contributed by atoms with van der Waals surface area (Å²) in [5.41, 5.74) is 0. The molecule has 1 heterocycles. The lowest BCUT2D eigenvalue weighted by Crippen LogP contribution is -2.10. The van der Waals surface area contributed by atoms with E-state index in [-0.39, 0.29) is 12.1 Å². The van der Waals surface area contributed by atoms with Gasteiger partial charge in [-0.15, -0.1) is 11.3 Å². The number of aromatic nitrogens is 1. The molecule has 0 aliphatic carbocycles. The molecule has 3 nitrogen and oxygen atoms in total. The van der Waals surface area contributed by atoms with Crippen LogP contribution >= 0.6 is 11.3 Å². The highest BCUT2D eigenvalue weighted by Crippen LogP contribution is 2.06. The summed E-state index contributed by atoms with van der Waals surface area (Å²) in [5.74, 6) is -0.369. The lowest BCUT2D eigenvalue weighted by molar-refractivity contribution is 0.0377. The number of hydrogen-bond donors (Lipinski definition) is 0. The van der Waals surface area contributed by atoms with E-state index in [1.54, 1.807) is 19.2 Å². The molecule has 1 radical (unpaired) electrons. The molecule has 1 aromatic heterocycles. The highest BCUT2D eigenvalue weighted by atomic mass is 32.1. The van der Waals surface area contributed by atoms with Gasteiger partial charge in [0.15, 0.2) is 0 Å². The molecule has 0 aromatic carbocycles. The largest absolute Gasteiger partial charge is 0.458 e. The maximum absolute atomic E-state index is 11.0. The van der Waals surface area contributed by atoms with Crippen molar-refractivity contribution in [1.29, 1.82) is 0 Å². The van der Waals surface area contributed by atoms with Crippen molar-refractivity contribution in [2.75, 3.05) is 0 Å². The van der Waals surface area contributed by atoms with Crippen LogP contribution in [0.4, 0.5) is 0 Å². The van der Waals surface area contributed by atoms with Gasteiger partial charge in [0.25, 0.3) is 0 Å². The van der Waals surface area contributed by atoms with Crippen LogP contribution < -0.4 is 0 Å². The summed E-state index contributed by atoms with van der Waals surface area (Å²) in [6.07, 6.45) is 2.46. The average molecular weight is 170 g/mol. The fraction of sp³-hybridized carbons (Fsp3) is 0.429. The molecule has 0 saturated carbocycles. The second kappa shape index (κ2) is 3.48. The normalized spacial score (nSPS) is 10.1. The molecular formula is C7H8NO2S. The molecule has 0 atom stereocenters. The minimum absolute atomic E-state index is 0.0913. The Kier molecular flexibility index (Phi) is 2.59. The van der Waals surface area contributed by atoms with E-state index >= 15 is 0 Å². The summed E-state index contributed by atoms with van der Waals surface area (Å²) < 4.78 is 4.88. The van der Waals surface area contributed by atoms with Crippen LogP contribution in [0.2, 0.25) is 0 Å². The summed E-state index contributed by atoms with van der Waals surface area (Å²) in [6.45, 7) is 3.60. The van der Waals surface area contributed by atoms with E-state index in [1.807, 2.05) is 0 Å². The van der Waals surface area contributed by atoms with Crippen LogP contribution in [0.25, 0.3) is 0 Å². The first kappa shape index (κ1) is 8.20. The third-order valence-corrected chi connectivity index (χ3v) is 1.61. The number of carbonyl (C=O) groups is 1. The van der Waals surface area contributed by atoms with Crippen LogP contribution in [-0.2, 0) is 4.74 Å². The molecule has 0 spiro atoms. The number of esters is 1. The van der Waals surface area contributed by atoms with E-state index in [9.17, 15) is 4.79 Å². The Morgan fingerprint density at radius 1 is 1.82 bits per heavy atom. The van der Waals surface area contributed by atoms with Gasteiger partial charge in [0, 0.05) is 5.38 Å². The average Bonchev–Trinajstić information content (AvgIpc) is 2.35. The molecule has 1 aromatic rings. The first-order valence-corrected chi connectivity index (χ1v) is 4.10. The van der Waals surface area contributed by atoms with Crippen LogP contribution in [0.5, 0.6) is 0 Å². The summed E-state index contributed by atoms with van der Waals surface area (Å²) in [5, 5.41) is 1.98. The smallest absolute Gasteiger partial charge is 0.367 e. The van der Waals surface area contributed by atoms with Gasteiger partial charge in [-0.05, 0) is 13.8 Å². The summed E-state index contributed by atoms with van der Waals surface area (Å²) >= 11 is 1.23. The van der Waals surface area contributed by atoms with E-state index in [4.69, 9.17) is 4.74 Å². The number of nitrogens with zero attached hydrogens (tertiary/aromatic N) is 1. The Hall–Kier alpha value is -0.900. The Balaban J connectivity index is 2.57. The van der Waals surface area contributed by atoms with Gasteiger partial charge < -0.3 is 4.74 Å². The fourth-order valence-electron chi connectivity index (χ4n) is 0.552. The summed E-state index contributed by atoms with van der Waals surface area (Å²) in [4.78, 5) is 14.7. The van der Waals surface area contributed by atoms with Crippen molar-refractivity contribution in [3.8, 4) is 0 Å². The number of hydrogen-bond acceptors (Lipinski definition) is 4. The second-order valence-corrected chi connectivity index (χ2v) is 3.09. The lowest BCUT2D eigenvalue weighted by atomic mass is 10.5. The molecule has 0 amide bonds. The number of carbonyl (C=O) groups excluding carboxylic acids is 1. The molecule has 0 fully saturated rings. The third kappa shape index (κ3) is 2.31. The van der Waals surface area contributed by atoms with Crippen LogP contribution in [0.3, 0.4) is 0 Å². The zero-order valence-corrected chi connectivity index (χ0v) is 7.14. The van der Waals surface area contributed by atoms with Crippen molar-refractivity contribution in [1.82, 2.24) is 4.98 Å². The van der Waals surface area contributed by atoms with Crippen LogP contribution in [0.15, 0.2) is 5.38 Å². The van der Waals surface area contributed by atoms with Crippen molar-refractivity contribution in [2.45, 2.75) is 20.0 Å². The Labute approximate surface area is 69.0 Å². The molecule has 4 heteroatoms. The van der Waals surface area contributed by atoms with Gasteiger partial charge in [0.1, 0.15) is 6.20 Å². The maximum Gasteiger partial charge on any atom is 0.367 e. The third-order valence-electron chi connectivity index (χ3n) is 0.907. The van der Waals surface area contributed by atoms with Crippen LogP contribution in [-0.4, -0.2) is 17.1 Å². The molecule has 0 unspecified atom stereocenters. The Bertz CT molecular complexity index is 231. The standard InChI is InChI=1S/C7H8NO2S/c1-5(2)10-7(9)6-8-3-4-11-6/h4-5H,1-2H3. The van der Waals surface area contributed by atoms with E-state index < -0.39 is 0 Å². The van der Waals surface area contributed by atoms with Gasteiger partial charge in [-0.2, -0.15) is 0 Å². The summed E-state index contributed by atoms with van der Waals surface area (Å²) in [7, 11) is 0. The SMILES string of the molecule is CC(C)OC(=O)c1n[c]cs1. The minimum atomic E-state index is -0.369. The van der Waals surface area contributed by atoms with Crippen molar-refractivity contribution in [3.63, 3.8) is 0 Å². The van der Waals surface area contributed by atoms with Crippen LogP contribution in [0, 0.1) is 6.20 Å². The van der Waals surface area contributed by atoms with Gasteiger partial charge in [-0.1, -0.05) is 0 Å². The number of thiazole rings is 1. The number of rotatable bonds is 2. The van der Waals surface area contributed by atoms with Gasteiger partial charge in [0.2, 0.25) is 5.01 Å². The van der Waals surface area contributed by atoms with E-state index in [2.05, 4.69) is 11.2 Å². The Morgan fingerprint density at radius 3 is 3.00 bits per heavy atom. The fourth-order valence-corrected chi connectivity index (χ4v) is 1.02. The number of ether oxygens (including phenoxy) is 1.